The van der Waals surface area contributed by atoms with Crippen molar-refractivity contribution in [3.8, 4) is 0 Å². The molecule has 0 radical (unpaired) electrons. The molecule has 0 saturated heterocycles. The van der Waals surface area contributed by atoms with E-state index >= 15 is 0 Å². The highest BCUT2D eigenvalue weighted by atomic mass is 15.3. The summed E-state index contributed by atoms with van der Waals surface area (Å²) < 4.78 is 2.20. The van der Waals surface area contributed by atoms with Crippen LogP contribution in [0, 0.1) is 5.92 Å². The fraction of sp³-hybridized carbons (Fsp3) is 0.812. The Morgan fingerprint density at radius 1 is 1.37 bits per heavy atom. The SMILES string of the molecule is CCCNC(CC1CCC1)c1cc(CC)nn1CC. The van der Waals surface area contributed by atoms with Crippen LogP contribution in [0.25, 0.3) is 0 Å². The molecule has 0 aromatic carbocycles. The first-order chi connectivity index (χ1) is 9.28. The van der Waals surface area contributed by atoms with Crippen LogP contribution in [0.2, 0.25) is 0 Å². The van der Waals surface area contributed by atoms with Gasteiger partial charge in [0.05, 0.1) is 11.4 Å². The molecule has 1 aliphatic carbocycles. The molecule has 1 aliphatic rings. The molecule has 1 N–H and O–H groups in total. The molecule has 1 unspecified atom stereocenters. The normalized spacial score (nSPS) is 17.4. The lowest BCUT2D eigenvalue weighted by molar-refractivity contribution is 0.256. The predicted molar refractivity (Wildman–Crippen MR) is 80.3 cm³/mol. The van der Waals surface area contributed by atoms with E-state index in [1.54, 1.807) is 0 Å². The molecule has 0 aliphatic heterocycles. The number of nitrogens with one attached hydrogen (secondary N) is 1. The Labute approximate surface area is 117 Å². The van der Waals surface area contributed by atoms with Gasteiger partial charge >= 0.3 is 0 Å². The third-order valence-corrected chi connectivity index (χ3v) is 4.32. The summed E-state index contributed by atoms with van der Waals surface area (Å²) in [4.78, 5) is 0. The van der Waals surface area contributed by atoms with Crippen molar-refractivity contribution in [2.45, 2.75) is 71.9 Å². The molecule has 1 atom stereocenters. The molecule has 108 valence electrons. The maximum absolute atomic E-state index is 4.70. The van der Waals surface area contributed by atoms with Crippen LogP contribution in [0.3, 0.4) is 0 Å². The molecule has 1 aromatic heterocycles. The largest absolute Gasteiger partial charge is 0.309 e. The second-order valence-electron chi connectivity index (χ2n) is 5.77. The van der Waals surface area contributed by atoms with Crippen LogP contribution in [-0.2, 0) is 13.0 Å². The van der Waals surface area contributed by atoms with Crippen molar-refractivity contribution in [1.29, 1.82) is 0 Å². The number of hydrogen-bond acceptors (Lipinski definition) is 2. The second-order valence-corrected chi connectivity index (χ2v) is 5.77. The van der Waals surface area contributed by atoms with Gasteiger partial charge in [-0.25, -0.2) is 0 Å². The predicted octanol–water partition coefficient (Wildman–Crippen LogP) is 3.70. The minimum atomic E-state index is 0.498. The van der Waals surface area contributed by atoms with Gasteiger partial charge in [0, 0.05) is 12.6 Å². The Morgan fingerprint density at radius 3 is 2.68 bits per heavy atom. The lowest BCUT2D eigenvalue weighted by Crippen LogP contribution is -2.28. The molecule has 2 rings (SSSR count). The van der Waals surface area contributed by atoms with Gasteiger partial charge in [-0.15, -0.1) is 0 Å². The lowest BCUT2D eigenvalue weighted by Gasteiger charge is -2.30. The average molecular weight is 263 g/mol. The molecule has 0 bridgehead atoms. The summed E-state index contributed by atoms with van der Waals surface area (Å²) in [7, 11) is 0. The average Bonchev–Trinajstić information content (AvgIpc) is 2.80. The van der Waals surface area contributed by atoms with E-state index in [-0.39, 0.29) is 0 Å². The Balaban J connectivity index is 2.12. The molecular formula is C16H29N3. The van der Waals surface area contributed by atoms with Gasteiger partial charge in [0.1, 0.15) is 0 Å². The first-order valence-corrected chi connectivity index (χ1v) is 8.08. The zero-order valence-electron chi connectivity index (χ0n) is 12.8. The van der Waals surface area contributed by atoms with Gasteiger partial charge in [-0.05, 0) is 44.7 Å². The second kappa shape index (κ2) is 7.09. The van der Waals surface area contributed by atoms with E-state index in [2.05, 4.69) is 36.8 Å². The fourth-order valence-corrected chi connectivity index (χ4v) is 2.88. The molecule has 3 nitrogen and oxygen atoms in total. The standard InChI is InChI=1S/C16H29N3/c1-4-10-17-15(11-13-8-7-9-13)16-12-14(5-2)18-19(16)6-3/h12-13,15,17H,4-11H2,1-3H3. The minimum absolute atomic E-state index is 0.498. The molecule has 1 saturated carbocycles. The zero-order chi connectivity index (χ0) is 13.7. The van der Waals surface area contributed by atoms with E-state index in [0.29, 0.717) is 6.04 Å². The van der Waals surface area contributed by atoms with E-state index in [1.807, 2.05) is 0 Å². The van der Waals surface area contributed by atoms with Crippen molar-refractivity contribution in [2.24, 2.45) is 5.92 Å². The zero-order valence-corrected chi connectivity index (χ0v) is 12.8. The van der Waals surface area contributed by atoms with E-state index in [4.69, 9.17) is 5.10 Å². The maximum atomic E-state index is 4.70. The number of hydrogen-bond donors (Lipinski definition) is 1. The molecule has 1 heterocycles. The summed E-state index contributed by atoms with van der Waals surface area (Å²) in [6.45, 7) is 8.70. The van der Waals surface area contributed by atoms with Crippen molar-refractivity contribution in [3.05, 3.63) is 17.5 Å². The third-order valence-electron chi connectivity index (χ3n) is 4.32. The molecule has 3 heteroatoms. The monoisotopic (exact) mass is 263 g/mol. The van der Waals surface area contributed by atoms with Crippen LogP contribution in [-0.4, -0.2) is 16.3 Å². The van der Waals surface area contributed by atoms with Gasteiger partial charge in [-0.1, -0.05) is 33.1 Å². The molecule has 0 spiro atoms. The summed E-state index contributed by atoms with van der Waals surface area (Å²) in [6.07, 6.45) is 7.79. The summed E-state index contributed by atoms with van der Waals surface area (Å²) in [5.74, 6) is 0.930. The maximum Gasteiger partial charge on any atom is 0.0625 e. The van der Waals surface area contributed by atoms with E-state index in [1.165, 1.54) is 43.5 Å². The quantitative estimate of drug-likeness (QED) is 0.775. The number of aromatic nitrogens is 2. The fourth-order valence-electron chi connectivity index (χ4n) is 2.88. The highest BCUT2D eigenvalue weighted by molar-refractivity contribution is 5.15. The van der Waals surface area contributed by atoms with Crippen molar-refractivity contribution in [3.63, 3.8) is 0 Å². The highest BCUT2D eigenvalue weighted by Crippen LogP contribution is 2.35. The van der Waals surface area contributed by atoms with Gasteiger partial charge in [-0.2, -0.15) is 5.10 Å². The molecule has 1 fully saturated rings. The first-order valence-electron chi connectivity index (χ1n) is 8.08. The van der Waals surface area contributed by atoms with Gasteiger partial charge in [0.2, 0.25) is 0 Å². The van der Waals surface area contributed by atoms with Crippen molar-refractivity contribution in [1.82, 2.24) is 15.1 Å². The van der Waals surface area contributed by atoms with Crippen LogP contribution < -0.4 is 5.32 Å². The van der Waals surface area contributed by atoms with Crippen LogP contribution in [0.15, 0.2) is 6.07 Å². The molecule has 1 aromatic rings. The summed E-state index contributed by atoms with van der Waals surface area (Å²) in [5.41, 5.74) is 2.63. The molecular weight excluding hydrogens is 234 g/mol. The molecule has 0 amide bonds. The first kappa shape index (κ1) is 14.6. The van der Waals surface area contributed by atoms with Crippen LogP contribution in [0.1, 0.15) is 70.3 Å². The molecule has 19 heavy (non-hydrogen) atoms. The Bertz CT molecular complexity index is 379. The topological polar surface area (TPSA) is 29.9 Å². The minimum Gasteiger partial charge on any atom is -0.309 e. The highest BCUT2D eigenvalue weighted by Gasteiger charge is 2.25. The Hall–Kier alpha value is -0.830. The van der Waals surface area contributed by atoms with Crippen molar-refractivity contribution in [2.75, 3.05) is 6.54 Å². The van der Waals surface area contributed by atoms with Gasteiger partial charge < -0.3 is 5.32 Å². The summed E-state index contributed by atoms with van der Waals surface area (Å²) in [5, 5.41) is 8.44. The van der Waals surface area contributed by atoms with Crippen LogP contribution >= 0.6 is 0 Å². The van der Waals surface area contributed by atoms with Crippen LogP contribution in [0.4, 0.5) is 0 Å². The van der Waals surface area contributed by atoms with Gasteiger partial charge in [-0.3, -0.25) is 4.68 Å². The Kier molecular flexibility index (Phi) is 5.44. The van der Waals surface area contributed by atoms with Gasteiger partial charge in [0.15, 0.2) is 0 Å². The number of nitrogens with zero attached hydrogens (tertiary/aromatic N) is 2. The van der Waals surface area contributed by atoms with Gasteiger partial charge in [0.25, 0.3) is 0 Å². The lowest BCUT2D eigenvalue weighted by atomic mass is 9.80. The number of rotatable bonds is 8. The van der Waals surface area contributed by atoms with E-state index < -0.39 is 0 Å². The summed E-state index contributed by atoms with van der Waals surface area (Å²) >= 11 is 0. The van der Waals surface area contributed by atoms with E-state index in [0.717, 1.165) is 25.4 Å². The summed E-state index contributed by atoms with van der Waals surface area (Å²) in [6, 6.07) is 2.81. The smallest absolute Gasteiger partial charge is 0.0625 e. The van der Waals surface area contributed by atoms with Crippen molar-refractivity contribution < 1.29 is 0 Å². The van der Waals surface area contributed by atoms with E-state index in [9.17, 15) is 0 Å². The number of aryl methyl sites for hydroxylation is 2. The Morgan fingerprint density at radius 2 is 2.16 bits per heavy atom. The van der Waals surface area contributed by atoms with Crippen molar-refractivity contribution >= 4 is 0 Å². The third kappa shape index (κ3) is 3.59. The van der Waals surface area contributed by atoms with Crippen LogP contribution in [0.5, 0.6) is 0 Å².